The van der Waals surface area contributed by atoms with Gasteiger partial charge in [0.15, 0.2) is 0 Å². The SMILES string of the molecule is COC(=O)Cc1cccc(I)c1Cl. The van der Waals surface area contributed by atoms with E-state index in [2.05, 4.69) is 27.3 Å². The second-order valence-electron chi connectivity index (χ2n) is 2.47. The number of ether oxygens (including phenoxy) is 1. The summed E-state index contributed by atoms with van der Waals surface area (Å²) in [6.45, 7) is 0. The molecule has 0 bridgehead atoms. The van der Waals surface area contributed by atoms with Gasteiger partial charge < -0.3 is 4.74 Å². The lowest BCUT2D eigenvalue weighted by Gasteiger charge is -2.03. The molecule has 0 saturated heterocycles. The van der Waals surface area contributed by atoms with Crippen LogP contribution in [0.1, 0.15) is 5.56 Å². The third-order valence-electron chi connectivity index (χ3n) is 1.59. The second-order valence-corrected chi connectivity index (χ2v) is 4.01. The van der Waals surface area contributed by atoms with Gasteiger partial charge in [-0.3, -0.25) is 4.79 Å². The van der Waals surface area contributed by atoms with Crippen LogP contribution in [-0.4, -0.2) is 13.1 Å². The number of carbonyl (C=O) groups is 1. The second kappa shape index (κ2) is 4.81. The standard InChI is InChI=1S/C9H8ClIO2/c1-13-8(12)5-6-3-2-4-7(11)9(6)10/h2-4H,5H2,1H3. The Hall–Kier alpha value is -0.290. The number of esters is 1. The zero-order valence-electron chi connectivity index (χ0n) is 7.01. The highest BCUT2D eigenvalue weighted by atomic mass is 127. The quantitative estimate of drug-likeness (QED) is 0.620. The maximum absolute atomic E-state index is 11.0. The summed E-state index contributed by atoms with van der Waals surface area (Å²) in [5, 5.41) is 0.633. The van der Waals surface area contributed by atoms with Crippen LogP contribution in [0.5, 0.6) is 0 Å². The van der Waals surface area contributed by atoms with Crippen LogP contribution in [0.3, 0.4) is 0 Å². The Kier molecular flexibility index (Phi) is 3.99. The van der Waals surface area contributed by atoms with E-state index in [1.807, 2.05) is 18.2 Å². The van der Waals surface area contributed by atoms with Crippen molar-refractivity contribution in [3.8, 4) is 0 Å². The molecule has 0 aliphatic heterocycles. The molecule has 0 amide bonds. The van der Waals surface area contributed by atoms with Crippen LogP contribution in [-0.2, 0) is 16.0 Å². The lowest BCUT2D eigenvalue weighted by Crippen LogP contribution is -2.05. The summed E-state index contributed by atoms with van der Waals surface area (Å²) in [5.41, 5.74) is 0.806. The van der Waals surface area contributed by atoms with Crippen molar-refractivity contribution in [1.82, 2.24) is 0 Å². The highest BCUT2D eigenvalue weighted by Gasteiger charge is 2.08. The van der Waals surface area contributed by atoms with Crippen LogP contribution in [0.15, 0.2) is 18.2 Å². The maximum atomic E-state index is 11.0. The predicted octanol–water partition coefficient (Wildman–Crippen LogP) is 2.66. The molecule has 0 radical (unpaired) electrons. The fourth-order valence-corrected chi connectivity index (χ4v) is 1.66. The Morgan fingerprint density at radius 3 is 2.92 bits per heavy atom. The van der Waals surface area contributed by atoms with E-state index >= 15 is 0 Å². The fourth-order valence-electron chi connectivity index (χ4n) is 0.913. The largest absolute Gasteiger partial charge is 0.469 e. The van der Waals surface area contributed by atoms with Crippen LogP contribution in [0, 0.1) is 3.57 Å². The zero-order chi connectivity index (χ0) is 9.84. The molecular weight excluding hydrogens is 302 g/mol. The van der Waals surface area contributed by atoms with Crippen LogP contribution >= 0.6 is 34.2 Å². The third-order valence-corrected chi connectivity index (χ3v) is 3.26. The first-order valence-corrected chi connectivity index (χ1v) is 5.10. The summed E-state index contributed by atoms with van der Waals surface area (Å²) < 4.78 is 5.49. The summed E-state index contributed by atoms with van der Waals surface area (Å²) >= 11 is 8.10. The van der Waals surface area contributed by atoms with Crippen LogP contribution in [0.25, 0.3) is 0 Å². The number of benzene rings is 1. The molecule has 0 aliphatic rings. The predicted molar refractivity (Wildman–Crippen MR) is 59.9 cm³/mol. The lowest BCUT2D eigenvalue weighted by molar-refractivity contribution is -0.139. The molecule has 1 aromatic carbocycles. The van der Waals surface area contributed by atoms with E-state index in [-0.39, 0.29) is 12.4 Å². The molecule has 0 unspecified atom stereocenters. The third kappa shape index (κ3) is 2.84. The van der Waals surface area contributed by atoms with Gasteiger partial charge in [0.25, 0.3) is 0 Å². The highest BCUT2D eigenvalue weighted by molar-refractivity contribution is 14.1. The molecule has 1 rings (SSSR count). The molecule has 70 valence electrons. The molecule has 0 heterocycles. The minimum atomic E-state index is -0.274. The minimum absolute atomic E-state index is 0.228. The number of hydrogen-bond donors (Lipinski definition) is 0. The molecule has 0 spiro atoms. The summed E-state index contributed by atoms with van der Waals surface area (Å²) in [4.78, 5) is 11.0. The van der Waals surface area contributed by atoms with Gasteiger partial charge in [-0.1, -0.05) is 23.7 Å². The van der Waals surface area contributed by atoms with Crippen molar-refractivity contribution in [2.24, 2.45) is 0 Å². The van der Waals surface area contributed by atoms with Crippen molar-refractivity contribution in [3.63, 3.8) is 0 Å². The molecule has 13 heavy (non-hydrogen) atoms. The average molecular weight is 311 g/mol. The van der Waals surface area contributed by atoms with Gasteiger partial charge in [0.05, 0.1) is 18.6 Å². The Labute approximate surface area is 95.4 Å². The molecule has 0 atom stereocenters. The van der Waals surface area contributed by atoms with E-state index in [0.29, 0.717) is 5.02 Å². The molecule has 0 aromatic heterocycles. The van der Waals surface area contributed by atoms with Crippen LogP contribution in [0.2, 0.25) is 5.02 Å². The molecule has 4 heteroatoms. The van der Waals surface area contributed by atoms with E-state index in [0.717, 1.165) is 9.13 Å². The van der Waals surface area contributed by atoms with Gasteiger partial charge in [0, 0.05) is 3.57 Å². The Balaban J connectivity index is 2.89. The monoisotopic (exact) mass is 310 g/mol. The van der Waals surface area contributed by atoms with Gasteiger partial charge in [-0.25, -0.2) is 0 Å². The summed E-state index contributed by atoms with van der Waals surface area (Å²) in [6.07, 6.45) is 0.228. The summed E-state index contributed by atoms with van der Waals surface area (Å²) in [7, 11) is 1.37. The molecule has 0 fully saturated rings. The molecule has 0 N–H and O–H groups in total. The van der Waals surface area contributed by atoms with Crippen molar-refractivity contribution in [3.05, 3.63) is 32.4 Å². The van der Waals surface area contributed by atoms with Crippen LogP contribution < -0.4 is 0 Å². The average Bonchev–Trinajstić information content (AvgIpc) is 2.13. The topological polar surface area (TPSA) is 26.3 Å². The van der Waals surface area contributed by atoms with E-state index < -0.39 is 0 Å². The lowest BCUT2D eigenvalue weighted by atomic mass is 10.1. The van der Waals surface area contributed by atoms with E-state index in [1.165, 1.54) is 7.11 Å². The summed E-state index contributed by atoms with van der Waals surface area (Å²) in [6, 6.07) is 5.58. The van der Waals surface area contributed by atoms with Crippen molar-refractivity contribution < 1.29 is 9.53 Å². The number of rotatable bonds is 2. The van der Waals surface area contributed by atoms with E-state index in [1.54, 1.807) is 0 Å². The zero-order valence-corrected chi connectivity index (χ0v) is 9.93. The number of methoxy groups -OCH3 is 1. The van der Waals surface area contributed by atoms with Crippen LogP contribution in [0.4, 0.5) is 0 Å². The van der Waals surface area contributed by atoms with Gasteiger partial charge in [0.2, 0.25) is 0 Å². The first kappa shape index (κ1) is 10.8. The van der Waals surface area contributed by atoms with E-state index in [9.17, 15) is 4.79 Å². The summed E-state index contributed by atoms with van der Waals surface area (Å²) in [5.74, 6) is -0.274. The molecule has 0 saturated carbocycles. The van der Waals surface area contributed by atoms with Gasteiger partial charge in [0.1, 0.15) is 0 Å². The van der Waals surface area contributed by atoms with E-state index in [4.69, 9.17) is 11.6 Å². The first-order chi connectivity index (χ1) is 6.15. The van der Waals surface area contributed by atoms with Crippen molar-refractivity contribution in [1.29, 1.82) is 0 Å². The number of hydrogen-bond acceptors (Lipinski definition) is 2. The van der Waals surface area contributed by atoms with Gasteiger partial charge in [-0.15, -0.1) is 0 Å². The Bertz CT molecular complexity index is 325. The highest BCUT2D eigenvalue weighted by Crippen LogP contribution is 2.23. The molecule has 0 aliphatic carbocycles. The Morgan fingerprint density at radius 1 is 1.62 bits per heavy atom. The first-order valence-electron chi connectivity index (χ1n) is 3.65. The minimum Gasteiger partial charge on any atom is -0.469 e. The van der Waals surface area contributed by atoms with Gasteiger partial charge in [-0.2, -0.15) is 0 Å². The fraction of sp³-hybridized carbons (Fsp3) is 0.222. The smallest absolute Gasteiger partial charge is 0.310 e. The van der Waals surface area contributed by atoms with Gasteiger partial charge in [-0.05, 0) is 34.2 Å². The van der Waals surface area contributed by atoms with Crippen molar-refractivity contribution in [2.75, 3.05) is 7.11 Å². The number of carbonyl (C=O) groups excluding carboxylic acids is 1. The normalized spacial score (nSPS) is 9.77. The van der Waals surface area contributed by atoms with Crippen molar-refractivity contribution in [2.45, 2.75) is 6.42 Å². The molecule has 1 aromatic rings. The Morgan fingerprint density at radius 2 is 2.31 bits per heavy atom. The van der Waals surface area contributed by atoms with Gasteiger partial charge >= 0.3 is 5.97 Å². The molecular formula is C9H8ClIO2. The maximum Gasteiger partial charge on any atom is 0.310 e. The van der Waals surface area contributed by atoms with Crippen molar-refractivity contribution >= 4 is 40.2 Å². The molecule has 2 nitrogen and oxygen atoms in total. The number of halogens is 2.